The zero-order chi connectivity index (χ0) is 35.8. The number of hydrogen-bond donors (Lipinski definition) is 0. The van der Waals surface area contributed by atoms with Gasteiger partial charge in [-0.05, 0) is 70.8 Å². The van der Waals surface area contributed by atoms with Gasteiger partial charge >= 0.3 is 0 Å². The Balaban J connectivity index is 1.15. The maximum Gasteiger partial charge on any atom is 0.238 e. The Labute approximate surface area is 313 Å². The lowest BCUT2D eigenvalue weighted by molar-refractivity contribution is 0.938. The number of fused-ring (bicyclic) bond motifs is 2. The van der Waals surface area contributed by atoms with Gasteiger partial charge in [-0.2, -0.15) is 9.97 Å². The molecule has 0 saturated carbocycles. The molecular formula is C49H33N5. The summed E-state index contributed by atoms with van der Waals surface area (Å²) in [5.41, 5.74) is 11.9. The van der Waals surface area contributed by atoms with Crippen molar-refractivity contribution >= 4 is 21.8 Å². The van der Waals surface area contributed by atoms with Gasteiger partial charge in [-0.3, -0.25) is 4.57 Å². The van der Waals surface area contributed by atoms with E-state index < -0.39 is 0 Å². The van der Waals surface area contributed by atoms with E-state index in [4.69, 9.17) is 15.0 Å². The molecule has 0 radical (unpaired) electrons. The summed E-state index contributed by atoms with van der Waals surface area (Å²) in [5, 5.41) is 2.28. The molecule has 0 atom stereocenters. The van der Waals surface area contributed by atoms with Gasteiger partial charge in [-0.1, -0.05) is 152 Å². The third-order valence-corrected chi connectivity index (χ3v) is 9.98. The van der Waals surface area contributed by atoms with Crippen LogP contribution in [0.15, 0.2) is 200 Å². The minimum atomic E-state index is 0.571. The van der Waals surface area contributed by atoms with Gasteiger partial charge in [0.15, 0.2) is 11.6 Å². The Morgan fingerprint density at radius 1 is 0.296 bits per heavy atom. The highest BCUT2D eigenvalue weighted by atomic mass is 15.2. The highest BCUT2D eigenvalue weighted by Crippen LogP contribution is 2.37. The van der Waals surface area contributed by atoms with Crippen molar-refractivity contribution in [1.82, 2.24) is 24.1 Å². The summed E-state index contributed by atoms with van der Waals surface area (Å²) in [7, 11) is 0. The first kappa shape index (κ1) is 31.4. The second kappa shape index (κ2) is 13.3. The monoisotopic (exact) mass is 691 g/mol. The minimum Gasteiger partial charge on any atom is -0.309 e. The van der Waals surface area contributed by atoms with E-state index in [1.54, 1.807) is 0 Å². The summed E-state index contributed by atoms with van der Waals surface area (Å²) < 4.78 is 4.52. The van der Waals surface area contributed by atoms with Crippen LogP contribution in [0.2, 0.25) is 0 Å². The van der Waals surface area contributed by atoms with Crippen LogP contribution in [0.1, 0.15) is 0 Å². The van der Waals surface area contributed by atoms with E-state index in [1.165, 1.54) is 16.5 Å². The molecule has 3 aromatic heterocycles. The lowest BCUT2D eigenvalue weighted by Crippen LogP contribution is -2.07. The lowest BCUT2D eigenvalue weighted by Gasteiger charge is -2.13. The van der Waals surface area contributed by atoms with Crippen LogP contribution in [0, 0.1) is 0 Å². The standard InChI is InChI=1S/C49H33N5/c1-6-16-34(17-7-1)45-32-40-30-38(26-28-43(40)53(45)42-24-14-5-15-25-42)39-27-29-44-41(31-39)33-46(35-18-8-2-9-19-35)54(44)49-51-47(36-20-10-3-11-21-36)50-48(52-49)37-22-12-4-13-23-37/h1-33H. The molecule has 5 heteroatoms. The first-order valence-corrected chi connectivity index (χ1v) is 18.1. The van der Waals surface area contributed by atoms with Crippen LogP contribution in [-0.4, -0.2) is 24.1 Å². The Bertz CT molecular complexity index is 2840. The molecule has 0 N–H and O–H groups in total. The molecule has 0 saturated heterocycles. The maximum atomic E-state index is 5.12. The van der Waals surface area contributed by atoms with E-state index in [0.717, 1.165) is 55.8 Å². The number of benzene rings is 7. The Kier molecular flexibility index (Phi) is 7.73. The predicted molar refractivity (Wildman–Crippen MR) is 221 cm³/mol. The molecule has 10 aromatic rings. The first-order valence-electron chi connectivity index (χ1n) is 18.1. The van der Waals surface area contributed by atoms with Gasteiger partial charge in [0, 0.05) is 27.6 Å². The second-order valence-corrected chi connectivity index (χ2v) is 13.4. The van der Waals surface area contributed by atoms with Crippen LogP contribution in [0.25, 0.3) is 89.9 Å². The van der Waals surface area contributed by atoms with Crippen molar-refractivity contribution in [2.75, 3.05) is 0 Å². The van der Waals surface area contributed by atoms with Crippen molar-refractivity contribution in [3.8, 4) is 68.1 Å². The van der Waals surface area contributed by atoms with Crippen LogP contribution in [0.4, 0.5) is 0 Å². The topological polar surface area (TPSA) is 48.5 Å². The summed E-state index contributed by atoms with van der Waals surface area (Å²) in [5.74, 6) is 1.83. The molecule has 7 aromatic carbocycles. The smallest absolute Gasteiger partial charge is 0.238 e. The fraction of sp³-hybridized carbons (Fsp3) is 0. The van der Waals surface area contributed by atoms with Crippen molar-refractivity contribution in [2.24, 2.45) is 0 Å². The highest BCUT2D eigenvalue weighted by molar-refractivity contribution is 5.95. The molecule has 254 valence electrons. The molecule has 0 aliphatic heterocycles. The van der Waals surface area contributed by atoms with Gasteiger partial charge in [0.1, 0.15) is 0 Å². The fourth-order valence-corrected chi connectivity index (χ4v) is 7.40. The fourth-order valence-electron chi connectivity index (χ4n) is 7.40. The number of nitrogens with zero attached hydrogens (tertiary/aromatic N) is 5. The van der Waals surface area contributed by atoms with E-state index >= 15 is 0 Å². The predicted octanol–water partition coefficient (Wildman–Crippen LogP) is 12.1. The van der Waals surface area contributed by atoms with Crippen LogP contribution < -0.4 is 0 Å². The highest BCUT2D eigenvalue weighted by Gasteiger charge is 2.19. The molecule has 5 nitrogen and oxygen atoms in total. The first-order chi connectivity index (χ1) is 26.8. The molecule has 10 rings (SSSR count). The molecule has 0 aliphatic rings. The molecule has 0 aliphatic carbocycles. The van der Waals surface area contributed by atoms with E-state index in [2.05, 4.69) is 143 Å². The van der Waals surface area contributed by atoms with Crippen molar-refractivity contribution < 1.29 is 0 Å². The molecule has 3 heterocycles. The summed E-state index contributed by atoms with van der Waals surface area (Å²) in [6, 6.07) is 69.9. The van der Waals surface area contributed by atoms with Gasteiger partial charge < -0.3 is 4.57 Å². The average Bonchev–Trinajstić information content (AvgIpc) is 3.84. The Hall–Kier alpha value is -7.37. The van der Waals surface area contributed by atoms with Crippen molar-refractivity contribution in [3.05, 3.63) is 200 Å². The SMILES string of the molecule is c1ccc(-c2nc(-c3ccccc3)nc(-n3c(-c4ccccc4)cc4cc(-c5ccc6c(c5)cc(-c5ccccc5)n6-c5ccccc5)ccc43)n2)cc1. The van der Waals surface area contributed by atoms with Crippen LogP contribution in [0.5, 0.6) is 0 Å². The van der Waals surface area contributed by atoms with Gasteiger partial charge in [0.2, 0.25) is 5.95 Å². The lowest BCUT2D eigenvalue weighted by atomic mass is 10.0. The van der Waals surface area contributed by atoms with Crippen LogP contribution in [0.3, 0.4) is 0 Å². The second-order valence-electron chi connectivity index (χ2n) is 13.4. The number of aromatic nitrogens is 5. The summed E-state index contributed by atoms with van der Waals surface area (Å²) in [4.78, 5) is 15.2. The number of para-hydroxylation sites is 1. The normalized spacial score (nSPS) is 11.3. The minimum absolute atomic E-state index is 0.571. The molecule has 0 bridgehead atoms. The molecule has 0 fully saturated rings. The average molecular weight is 692 g/mol. The zero-order valence-electron chi connectivity index (χ0n) is 29.3. The third kappa shape index (κ3) is 5.65. The quantitative estimate of drug-likeness (QED) is 0.167. The number of rotatable bonds is 7. The molecule has 54 heavy (non-hydrogen) atoms. The van der Waals surface area contributed by atoms with Gasteiger partial charge in [0.25, 0.3) is 0 Å². The van der Waals surface area contributed by atoms with Gasteiger partial charge in [0.05, 0.1) is 22.4 Å². The van der Waals surface area contributed by atoms with Crippen molar-refractivity contribution in [1.29, 1.82) is 0 Å². The molecule has 0 unspecified atom stereocenters. The van der Waals surface area contributed by atoms with Gasteiger partial charge in [-0.15, -0.1) is 0 Å². The van der Waals surface area contributed by atoms with E-state index in [9.17, 15) is 0 Å². The van der Waals surface area contributed by atoms with E-state index in [-0.39, 0.29) is 0 Å². The van der Waals surface area contributed by atoms with Crippen LogP contribution >= 0.6 is 0 Å². The van der Waals surface area contributed by atoms with E-state index in [0.29, 0.717) is 17.6 Å². The molecule has 0 amide bonds. The third-order valence-electron chi connectivity index (χ3n) is 9.98. The van der Waals surface area contributed by atoms with E-state index in [1.807, 2.05) is 66.7 Å². The summed E-state index contributed by atoms with van der Waals surface area (Å²) in [6.07, 6.45) is 0. The Morgan fingerprint density at radius 2 is 0.685 bits per heavy atom. The molecular weight excluding hydrogens is 659 g/mol. The van der Waals surface area contributed by atoms with Crippen molar-refractivity contribution in [2.45, 2.75) is 0 Å². The Morgan fingerprint density at radius 3 is 1.15 bits per heavy atom. The van der Waals surface area contributed by atoms with Crippen LogP contribution in [-0.2, 0) is 0 Å². The van der Waals surface area contributed by atoms with Gasteiger partial charge in [-0.25, -0.2) is 4.98 Å². The molecule has 0 spiro atoms. The number of hydrogen-bond acceptors (Lipinski definition) is 3. The van der Waals surface area contributed by atoms with Crippen molar-refractivity contribution in [3.63, 3.8) is 0 Å². The summed E-state index contributed by atoms with van der Waals surface area (Å²) >= 11 is 0. The largest absolute Gasteiger partial charge is 0.309 e. The maximum absolute atomic E-state index is 5.12. The zero-order valence-corrected chi connectivity index (χ0v) is 29.3. The summed E-state index contributed by atoms with van der Waals surface area (Å²) in [6.45, 7) is 0.